The van der Waals surface area contributed by atoms with Gasteiger partial charge in [0.1, 0.15) is 0 Å². The summed E-state index contributed by atoms with van der Waals surface area (Å²) in [7, 11) is 0. The third-order valence-electron chi connectivity index (χ3n) is 6.52. The Kier molecular flexibility index (Phi) is 6.45. The number of Topliss-reactive ketones (excluding diaryl/α,β-unsaturated/α-hetero) is 1. The number of carbonyl (C=O) groups is 1. The lowest BCUT2D eigenvalue weighted by Crippen LogP contribution is -2.34. The fourth-order valence-corrected chi connectivity index (χ4v) is 8.96. The summed E-state index contributed by atoms with van der Waals surface area (Å²) in [4.78, 5) is 12.7. The molecule has 4 aromatic carbocycles. The zero-order valence-electron chi connectivity index (χ0n) is 19.5. The van der Waals surface area contributed by atoms with Gasteiger partial charge in [0.25, 0.3) is 0 Å². The highest BCUT2D eigenvalue weighted by Crippen LogP contribution is 2.70. The minimum Gasteiger partial charge on any atom is -0.292 e. The molecule has 0 aromatic heterocycles. The molecule has 0 N–H and O–H groups in total. The van der Waals surface area contributed by atoms with E-state index < -0.39 is 8.95 Å². The average molecular weight is 626 g/mol. The molecule has 4 aromatic rings. The van der Waals surface area contributed by atoms with Gasteiger partial charge >= 0.3 is 0 Å². The highest BCUT2D eigenvalue weighted by Gasteiger charge is 2.61. The summed E-state index contributed by atoms with van der Waals surface area (Å²) in [5.74, 6) is -0.0578. The molecule has 184 valence electrons. The SMILES string of the molecule is CC(=O)C1=NN(c2ccc(Br)cc2)[C@@]2(S1)SC(c1ccc(Cl)cc1)(c1ccc(Cl)cc1)c1ccccc12. The lowest BCUT2D eigenvalue weighted by Gasteiger charge is -2.37. The van der Waals surface area contributed by atoms with Crippen molar-refractivity contribution in [1.29, 1.82) is 0 Å². The minimum atomic E-state index is -0.718. The van der Waals surface area contributed by atoms with Crippen LogP contribution in [0.25, 0.3) is 0 Å². The second-order valence-electron chi connectivity index (χ2n) is 8.78. The summed E-state index contributed by atoms with van der Waals surface area (Å²) in [6.45, 7) is 1.57. The van der Waals surface area contributed by atoms with Crippen LogP contribution < -0.4 is 5.01 Å². The Morgan fingerprint density at radius 1 is 0.811 bits per heavy atom. The van der Waals surface area contributed by atoms with Crippen molar-refractivity contribution >= 4 is 79.2 Å². The average Bonchev–Trinajstić information content (AvgIpc) is 3.43. The standard InChI is InChI=1S/C29H19BrCl2N2OS2/c1-18(35)27-33-34(24-16-10-21(30)11-17-24)29(36-27)26-5-3-2-4-25(26)28(37-29,19-6-12-22(31)13-7-19)20-8-14-23(32)15-9-20/h2-17H,1H3/t29-/m0/s1. The Morgan fingerprint density at radius 2 is 1.35 bits per heavy atom. The predicted molar refractivity (Wildman–Crippen MR) is 161 cm³/mol. The Morgan fingerprint density at radius 3 is 1.89 bits per heavy atom. The number of ketones is 1. The van der Waals surface area contributed by atoms with Crippen LogP contribution in [0.15, 0.2) is 107 Å². The fourth-order valence-electron chi connectivity index (χ4n) is 4.88. The van der Waals surface area contributed by atoms with Crippen molar-refractivity contribution in [3.05, 3.63) is 134 Å². The van der Waals surface area contributed by atoms with Crippen LogP contribution in [0, 0.1) is 0 Å². The number of hydrogen-bond acceptors (Lipinski definition) is 5. The number of hydrazone groups is 1. The quantitative estimate of drug-likeness (QED) is 0.226. The topological polar surface area (TPSA) is 32.7 Å². The Balaban J connectivity index is 1.64. The van der Waals surface area contributed by atoms with Crippen molar-refractivity contribution < 1.29 is 4.79 Å². The van der Waals surface area contributed by atoms with Gasteiger partial charge in [-0.3, -0.25) is 4.79 Å². The molecule has 0 fully saturated rings. The van der Waals surface area contributed by atoms with Gasteiger partial charge in [0, 0.05) is 27.0 Å². The molecular weight excluding hydrogens is 607 g/mol. The molecule has 2 aliphatic heterocycles. The molecule has 0 saturated heterocycles. The van der Waals surface area contributed by atoms with E-state index in [0.717, 1.165) is 32.4 Å². The van der Waals surface area contributed by atoms with E-state index in [1.807, 2.05) is 59.6 Å². The molecule has 0 bridgehead atoms. The highest BCUT2D eigenvalue weighted by atomic mass is 79.9. The third kappa shape index (κ3) is 4.05. The molecular formula is C29H19BrCl2N2OS2. The van der Waals surface area contributed by atoms with Gasteiger partial charge in [-0.1, -0.05) is 111 Å². The summed E-state index contributed by atoms with van der Waals surface area (Å²) >= 11 is 19.5. The van der Waals surface area contributed by atoms with Gasteiger partial charge in [0.15, 0.2) is 15.0 Å². The molecule has 0 aliphatic carbocycles. The van der Waals surface area contributed by atoms with Crippen LogP contribution in [0.2, 0.25) is 10.0 Å². The second kappa shape index (κ2) is 9.51. The van der Waals surface area contributed by atoms with Gasteiger partial charge in [-0.25, -0.2) is 5.01 Å². The molecule has 0 saturated carbocycles. The molecule has 1 spiro atoms. The lowest BCUT2D eigenvalue weighted by molar-refractivity contribution is -0.110. The molecule has 2 heterocycles. The number of carbonyl (C=O) groups excluding carboxylic acids is 1. The van der Waals surface area contributed by atoms with Gasteiger partial charge in [-0.05, 0) is 65.2 Å². The molecule has 8 heteroatoms. The molecule has 6 rings (SSSR count). The maximum Gasteiger partial charge on any atom is 0.187 e. The van der Waals surface area contributed by atoms with Gasteiger partial charge < -0.3 is 0 Å². The van der Waals surface area contributed by atoms with E-state index >= 15 is 0 Å². The zero-order valence-corrected chi connectivity index (χ0v) is 24.2. The summed E-state index contributed by atoms with van der Waals surface area (Å²) in [6, 6.07) is 32.5. The minimum absolute atomic E-state index is 0.0578. The molecule has 3 nitrogen and oxygen atoms in total. The maximum atomic E-state index is 12.7. The van der Waals surface area contributed by atoms with E-state index in [0.29, 0.717) is 15.1 Å². The van der Waals surface area contributed by atoms with Crippen molar-refractivity contribution in [2.24, 2.45) is 5.10 Å². The Labute approximate surface area is 242 Å². The Bertz CT molecular complexity index is 1500. The zero-order chi connectivity index (χ0) is 25.8. The summed E-state index contributed by atoms with van der Waals surface area (Å²) in [6.07, 6.45) is 0. The van der Waals surface area contributed by atoms with Crippen LogP contribution >= 0.6 is 62.7 Å². The van der Waals surface area contributed by atoms with Crippen LogP contribution in [-0.2, 0) is 13.7 Å². The number of thioether (sulfide) groups is 2. The smallest absolute Gasteiger partial charge is 0.187 e. The summed E-state index contributed by atoms with van der Waals surface area (Å²) < 4.78 is -0.345. The van der Waals surface area contributed by atoms with Crippen LogP contribution in [-0.4, -0.2) is 10.8 Å². The first-order valence-electron chi connectivity index (χ1n) is 11.5. The first-order chi connectivity index (χ1) is 17.8. The van der Waals surface area contributed by atoms with Gasteiger partial charge in [-0.2, -0.15) is 5.10 Å². The van der Waals surface area contributed by atoms with E-state index in [1.54, 1.807) is 18.7 Å². The molecule has 2 aliphatic rings. The number of anilines is 1. The van der Waals surface area contributed by atoms with E-state index in [4.69, 9.17) is 28.3 Å². The number of hydrogen-bond donors (Lipinski definition) is 0. The number of fused-ring (bicyclic) bond motifs is 2. The van der Waals surface area contributed by atoms with Crippen LogP contribution in [0.5, 0.6) is 0 Å². The van der Waals surface area contributed by atoms with E-state index in [1.165, 1.54) is 11.8 Å². The highest BCUT2D eigenvalue weighted by molar-refractivity contribution is 9.10. The van der Waals surface area contributed by atoms with Crippen LogP contribution in [0.1, 0.15) is 29.2 Å². The second-order valence-corrected chi connectivity index (χ2v) is 13.4. The predicted octanol–water partition coefficient (Wildman–Crippen LogP) is 9.06. The van der Waals surface area contributed by atoms with Crippen molar-refractivity contribution in [2.75, 3.05) is 5.01 Å². The maximum absolute atomic E-state index is 12.7. The number of benzene rings is 4. The van der Waals surface area contributed by atoms with Crippen molar-refractivity contribution in [3.63, 3.8) is 0 Å². The van der Waals surface area contributed by atoms with Gasteiger partial charge in [0.2, 0.25) is 0 Å². The van der Waals surface area contributed by atoms with E-state index in [9.17, 15) is 4.79 Å². The first kappa shape index (κ1) is 25.1. The molecule has 37 heavy (non-hydrogen) atoms. The van der Waals surface area contributed by atoms with Crippen molar-refractivity contribution in [3.8, 4) is 0 Å². The van der Waals surface area contributed by atoms with Crippen LogP contribution in [0.4, 0.5) is 5.69 Å². The third-order valence-corrected chi connectivity index (χ3v) is 10.9. The molecule has 0 amide bonds. The molecule has 0 unspecified atom stereocenters. The monoisotopic (exact) mass is 624 g/mol. The molecule has 0 radical (unpaired) electrons. The Hall–Kier alpha value is -2.22. The van der Waals surface area contributed by atoms with Crippen molar-refractivity contribution in [2.45, 2.75) is 15.9 Å². The van der Waals surface area contributed by atoms with E-state index in [-0.39, 0.29) is 5.78 Å². The van der Waals surface area contributed by atoms with E-state index in [2.05, 4.69) is 58.4 Å². The lowest BCUT2D eigenvalue weighted by atomic mass is 9.82. The largest absolute Gasteiger partial charge is 0.292 e. The summed E-state index contributed by atoms with van der Waals surface area (Å²) in [5, 5.41) is 8.72. The first-order valence-corrected chi connectivity index (χ1v) is 14.7. The number of nitrogens with zero attached hydrogens (tertiary/aromatic N) is 2. The van der Waals surface area contributed by atoms with Crippen LogP contribution in [0.3, 0.4) is 0 Å². The fraction of sp³-hybridized carbons (Fsp3) is 0.103. The number of halogens is 3. The van der Waals surface area contributed by atoms with Gasteiger partial charge in [-0.15, -0.1) is 0 Å². The van der Waals surface area contributed by atoms with Gasteiger partial charge in [0.05, 0.1) is 10.4 Å². The summed E-state index contributed by atoms with van der Waals surface area (Å²) in [5.41, 5.74) is 5.30. The normalized spacial score (nSPS) is 19.7. The number of rotatable bonds is 4. The molecule has 1 atom stereocenters. The van der Waals surface area contributed by atoms with Crippen molar-refractivity contribution in [1.82, 2.24) is 0 Å².